The van der Waals surface area contributed by atoms with Gasteiger partial charge in [-0.05, 0) is 30.0 Å². The zero-order chi connectivity index (χ0) is 17.2. The largest absolute Gasteiger partial charge is 0.492 e. The molecule has 1 aliphatic rings. The zero-order valence-electron chi connectivity index (χ0n) is 14.9. The summed E-state index contributed by atoms with van der Waals surface area (Å²) in [6, 6.07) is 7.95. The average molecular weight is 334 g/mol. The summed E-state index contributed by atoms with van der Waals surface area (Å²) in [6.45, 7) is 9.98. The summed E-state index contributed by atoms with van der Waals surface area (Å²) in [7, 11) is 0. The lowest BCUT2D eigenvalue weighted by Gasteiger charge is -2.26. The predicted octanol–water partition coefficient (Wildman–Crippen LogP) is 2.45. The summed E-state index contributed by atoms with van der Waals surface area (Å²) in [6.07, 6.45) is 1.52. The van der Waals surface area contributed by atoms with E-state index in [4.69, 9.17) is 9.47 Å². The molecule has 0 spiro atoms. The second-order valence-electron chi connectivity index (χ2n) is 6.66. The molecule has 2 rings (SSSR count). The third-order valence-electron chi connectivity index (χ3n) is 4.12. The Kier molecular flexibility index (Phi) is 8.05. The lowest BCUT2D eigenvalue weighted by molar-refractivity contribution is -0.121. The highest BCUT2D eigenvalue weighted by molar-refractivity contribution is 5.75. The maximum atomic E-state index is 11.8. The number of benzene rings is 1. The summed E-state index contributed by atoms with van der Waals surface area (Å²) in [4.78, 5) is 14.1. The van der Waals surface area contributed by atoms with Gasteiger partial charge in [-0.2, -0.15) is 0 Å². The molecule has 0 unspecified atom stereocenters. The minimum atomic E-state index is 0.113. The summed E-state index contributed by atoms with van der Waals surface area (Å²) in [5.41, 5.74) is 1.07. The van der Waals surface area contributed by atoms with Gasteiger partial charge >= 0.3 is 0 Å². The maximum Gasteiger partial charge on any atom is 0.220 e. The Hall–Kier alpha value is -1.59. The van der Waals surface area contributed by atoms with E-state index in [1.165, 1.54) is 0 Å². The number of morpholine rings is 1. The van der Waals surface area contributed by atoms with E-state index in [1.807, 2.05) is 24.3 Å². The number of amides is 1. The molecule has 0 atom stereocenters. The molecule has 1 amide bonds. The lowest BCUT2D eigenvalue weighted by atomic mass is 10.1. The average Bonchev–Trinajstić information content (AvgIpc) is 2.59. The molecule has 1 aliphatic heterocycles. The van der Waals surface area contributed by atoms with Gasteiger partial charge in [-0.3, -0.25) is 9.69 Å². The first-order chi connectivity index (χ1) is 11.6. The minimum absolute atomic E-state index is 0.113. The van der Waals surface area contributed by atoms with Crippen molar-refractivity contribution in [2.75, 3.05) is 39.5 Å². The molecule has 0 aromatic heterocycles. The Labute approximate surface area is 145 Å². The summed E-state index contributed by atoms with van der Waals surface area (Å²) >= 11 is 0. The molecule has 1 aromatic carbocycles. The minimum Gasteiger partial charge on any atom is -0.492 e. The van der Waals surface area contributed by atoms with Gasteiger partial charge in [0, 0.05) is 32.6 Å². The summed E-state index contributed by atoms with van der Waals surface area (Å²) in [5.74, 6) is 1.53. The molecule has 5 heteroatoms. The van der Waals surface area contributed by atoms with Gasteiger partial charge in [0.25, 0.3) is 0 Å². The molecule has 1 saturated heterocycles. The van der Waals surface area contributed by atoms with Crippen molar-refractivity contribution < 1.29 is 14.3 Å². The molecule has 1 fully saturated rings. The van der Waals surface area contributed by atoms with Crippen LogP contribution in [-0.2, 0) is 16.1 Å². The molecule has 134 valence electrons. The van der Waals surface area contributed by atoms with Gasteiger partial charge in [-0.25, -0.2) is 0 Å². The van der Waals surface area contributed by atoms with Gasteiger partial charge < -0.3 is 14.8 Å². The van der Waals surface area contributed by atoms with E-state index in [9.17, 15) is 4.79 Å². The Morgan fingerprint density at radius 1 is 1.33 bits per heavy atom. The van der Waals surface area contributed by atoms with E-state index in [1.54, 1.807) is 0 Å². The van der Waals surface area contributed by atoms with Gasteiger partial charge in [-0.15, -0.1) is 0 Å². The van der Waals surface area contributed by atoms with Crippen LogP contribution in [0, 0.1) is 5.92 Å². The molecule has 5 nitrogen and oxygen atoms in total. The Morgan fingerprint density at radius 2 is 2.12 bits per heavy atom. The molecular formula is C19H30N2O3. The van der Waals surface area contributed by atoms with Crippen molar-refractivity contribution in [1.82, 2.24) is 10.2 Å². The summed E-state index contributed by atoms with van der Waals surface area (Å²) < 4.78 is 11.2. The van der Waals surface area contributed by atoms with Crippen molar-refractivity contribution in [1.29, 1.82) is 0 Å². The van der Waals surface area contributed by atoms with E-state index < -0.39 is 0 Å². The number of rotatable bonds is 9. The molecule has 24 heavy (non-hydrogen) atoms. The maximum absolute atomic E-state index is 11.8. The van der Waals surface area contributed by atoms with Crippen molar-refractivity contribution >= 4 is 5.91 Å². The lowest BCUT2D eigenvalue weighted by Crippen LogP contribution is -2.38. The highest BCUT2D eigenvalue weighted by Crippen LogP contribution is 2.13. The van der Waals surface area contributed by atoms with Gasteiger partial charge in [-0.1, -0.05) is 26.0 Å². The molecule has 0 saturated carbocycles. The Balaban J connectivity index is 1.69. The van der Waals surface area contributed by atoms with Crippen LogP contribution >= 0.6 is 0 Å². The highest BCUT2D eigenvalue weighted by atomic mass is 16.5. The molecule has 1 N–H and O–H groups in total. The molecule has 0 radical (unpaired) electrons. The third kappa shape index (κ3) is 7.32. The Bertz CT molecular complexity index is 499. The predicted molar refractivity (Wildman–Crippen MR) is 95.1 cm³/mol. The van der Waals surface area contributed by atoms with Gasteiger partial charge in [0.2, 0.25) is 5.91 Å². The van der Waals surface area contributed by atoms with Crippen molar-refractivity contribution in [2.24, 2.45) is 5.92 Å². The van der Waals surface area contributed by atoms with Gasteiger partial charge in [0.1, 0.15) is 12.4 Å². The van der Waals surface area contributed by atoms with Crippen LogP contribution in [0.1, 0.15) is 32.3 Å². The first-order valence-electron chi connectivity index (χ1n) is 8.92. The SMILES string of the molecule is CC(C)CCC(=O)NCc1cccc(OCCN2CCOCC2)c1. The van der Waals surface area contributed by atoms with E-state index in [0.717, 1.165) is 50.6 Å². The van der Waals surface area contributed by atoms with Crippen LogP contribution in [0.2, 0.25) is 0 Å². The quantitative estimate of drug-likeness (QED) is 0.754. The number of hydrogen-bond donors (Lipinski definition) is 1. The first kappa shape index (κ1) is 18.7. The van der Waals surface area contributed by atoms with E-state index in [-0.39, 0.29) is 5.91 Å². The highest BCUT2D eigenvalue weighted by Gasteiger charge is 2.10. The fourth-order valence-corrected chi connectivity index (χ4v) is 2.57. The van der Waals surface area contributed by atoms with Crippen molar-refractivity contribution in [3.63, 3.8) is 0 Å². The molecule has 1 aromatic rings. The van der Waals surface area contributed by atoms with Crippen LogP contribution in [0.4, 0.5) is 0 Å². The van der Waals surface area contributed by atoms with Crippen LogP contribution in [-0.4, -0.2) is 50.3 Å². The van der Waals surface area contributed by atoms with Crippen molar-refractivity contribution in [3.05, 3.63) is 29.8 Å². The van der Waals surface area contributed by atoms with Crippen molar-refractivity contribution in [3.8, 4) is 5.75 Å². The molecule has 0 bridgehead atoms. The fourth-order valence-electron chi connectivity index (χ4n) is 2.57. The standard InChI is InChI=1S/C19H30N2O3/c1-16(2)6-7-19(22)20-15-17-4-3-5-18(14-17)24-13-10-21-8-11-23-12-9-21/h3-5,14,16H,6-13,15H2,1-2H3,(H,20,22). The monoisotopic (exact) mass is 334 g/mol. The number of carbonyl (C=O) groups is 1. The van der Waals surface area contributed by atoms with Gasteiger partial charge in [0.15, 0.2) is 0 Å². The molecule has 0 aliphatic carbocycles. The van der Waals surface area contributed by atoms with E-state index in [0.29, 0.717) is 25.5 Å². The van der Waals surface area contributed by atoms with Gasteiger partial charge in [0.05, 0.1) is 13.2 Å². The zero-order valence-corrected chi connectivity index (χ0v) is 14.9. The van der Waals surface area contributed by atoms with Crippen LogP contribution < -0.4 is 10.1 Å². The number of nitrogens with one attached hydrogen (secondary N) is 1. The topological polar surface area (TPSA) is 50.8 Å². The second kappa shape index (κ2) is 10.3. The van der Waals surface area contributed by atoms with E-state index >= 15 is 0 Å². The van der Waals surface area contributed by atoms with Crippen LogP contribution in [0.5, 0.6) is 5.75 Å². The number of ether oxygens (including phenoxy) is 2. The first-order valence-corrected chi connectivity index (χ1v) is 8.92. The normalized spacial score (nSPS) is 15.5. The van der Waals surface area contributed by atoms with Crippen LogP contribution in [0.15, 0.2) is 24.3 Å². The Morgan fingerprint density at radius 3 is 2.88 bits per heavy atom. The third-order valence-corrected chi connectivity index (χ3v) is 4.12. The second-order valence-corrected chi connectivity index (χ2v) is 6.66. The van der Waals surface area contributed by atoms with E-state index in [2.05, 4.69) is 24.1 Å². The molecular weight excluding hydrogens is 304 g/mol. The number of nitrogens with zero attached hydrogens (tertiary/aromatic N) is 1. The number of carbonyl (C=O) groups excluding carboxylic acids is 1. The van der Waals surface area contributed by atoms with Crippen LogP contribution in [0.3, 0.4) is 0 Å². The smallest absolute Gasteiger partial charge is 0.220 e. The number of hydrogen-bond acceptors (Lipinski definition) is 4. The van der Waals surface area contributed by atoms with Crippen LogP contribution in [0.25, 0.3) is 0 Å². The summed E-state index contributed by atoms with van der Waals surface area (Å²) in [5, 5.41) is 2.97. The fraction of sp³-hybridized carbons (Fsp3) is 0.632. The molecule has 1 heterocycles. The van der Waals surface area contributed by atoms with Crippen molar-refractivity contribution in [2.45, 2.75) is 33.2 Å².